The van der Waals surface area contributed by atoms with E-state index in [1.165, 1.54) is 0 Å². The Morgan fingerprint density at radius 3 is 2.62 bits per heavy atom. The van der Waals surface area contributed by atoms with Crippen LogP contribution in [0.2, 0.25) is 0 Å². The van der Waals surface area contributed by atoms with Gasteiger partial charge in [-0.15, -0.1) is 0 Å². The molecular weight excluding hydrogens is 268 g/mol. The molecule has 0 amide bonds. The Balaban J connectivity index is 2.81. The van der Waals surface area contributed by atoms with E-state index in [4.69, 9.17) is 5.73 Å². The highest BCUT2D eigenvalue weighted by Crippen LogP contribution is 2.26. The van der Waals surface area contributed by atoms with Crippen molar-refractivity contribution in [2.24, 2.45) is 5.73 Å². The molecule has 1 rings (SSSR count). The van der Waals surface area contributed by atoms with E-state index < -0.39 is 0 Å². The van der Waals surface area contributed by atoms with Crippen LogP contribution in [0.15, 0.2) is 10.7 Å². The molecule has 1 unspecified atom stereocenters. The van der Waals surface area contributed by atoms with Crippen LogP contribution in [0.3, 0.4) is 0 Å². The number of hydrogen-bond donors (Lipinski definition) is 1. The number of aromatic nitrogens is 2. The van der Waals surface area contributed by atoms with Crippen LogP contribution in [0, 0.1) is 0 Å². The molecule has 1 heterocycles. The fraction of sp³-hybridized carbons (Fsp3) is 0.727. The normalized spacial score (nSPS) is 13.8. The van der Waals surface area contributed by atoms with Gasteiger partial charge in [0.25, 0.3) is 0 Å². The largest absolute Gasteiger partial charge is 0.323 e. The Morgan fingerprint density at radius 1 is 1.50 bits per heavy atom. The van der Waals surface area contributed by atoms with Crippen LogP contribution in [0.5, 0.6) is 0 Å². The van der Waals surface area contributed by atoms with Gasteiger partial charge in [0.1, 0.15) is 0 Å². The predicted octanol–water partition coefficient (Wildman–Crippen LogP) is 2.18. The number of nitrogens with two attached hydrogens (primary N) is 1. The van der Waals surface area contributed by atoms with Crippen LogP contribution < -0.4 is 5.73 Å². The van der Waals surface area contributed by atoms with Gasteiger partial charge >= 0.3 is 0 Å². The van der Waals surface area contributed by atoms with E-state index in [0.717, 1.165) is 23.1 Å². The molecule has 5 heteroatoms. The molecule has 0 saturated carbocycles. The lowest BCUT2D eigenvalue weighted by Crippen LogP contribution is -2.23. The topological polar surface area (TPSA) is 47.1 Å². The van der Waals surface area contributed by atoms with Crippen LogP contribution in [-0.4, -0.2) is 35.3 Å². The fourth-order valence-electron chi connectivity index (χ4n) is 1.64. The quantitative estimate of drug-likeness (QED) is 0.903. The molecule has 2 N–H and O–H groups in total. The summed E-state index contributed by atoms with van der Waals surface area (Å²) in [5.41, 5.74) is 7.30. The smallest absolute Gasteiger partial charge is 0.0697 e. The Morgan fingerprint density at radius 2 is 2.12 bits per heavy atom. The van der Waals surface area contributed by atoms with E-state index in [2.05, 4.69) is 53.9 Å². The highest BCUT2D eigenvalue weighted by molar-refractivity contribution is 9.10. The first-order chi connectivity index (χ1) is 7.43. The molecule has 0 aliphatic heterocycles. The van der Waals surface area contributed by atoms with Gasteiger partial charge in [-0.3, -0.25) is 4.68 Å². The lowest BCUT2D eigenvalue weighted by Gasteiger charge is -2.19. The van der Waals surface area contributed by atoms with Crippen molar-refractivity contribution in [2.75, 3.05) is 20.6 Å². The Bertz CT molecular complexity index is 333. The fourth-order valence-corrected chi connectivity index (χ4v) is 2.21. The van der Waals surface area contributed by atoms with Gasteiger partial charge < -0.3 is 10.6 Å². The summed E-state index contributed by atoms with van der Waals surface area (Å²) in [4.78, 5) is 2.14. The minimum atomic E-state index is 0.0293. The van der Waals surface area contributed by atoms with Crippen LogP contribution in [0.25, 0.3) is 0 Å². The van der Waals surface area contributed by atoms with Gasteiger partial charge in [0, 0.05) is 12.1 Å². The van der Waals surface area contributed by atoms with Gasteiger partial charge in [-0.25, -0.2) is 0 Å². The molecule has 0 radical (unpaired) electrons. The number of halogens is 1. The summed E-state index contributed by atoms with van der Waals surface area (Å²) in [6.07, 6.45) is 2.76. The summed E-state index contributed by atoms with van der Waals surface area (Å²) < 4.78 is 3.00. The Kier molecular flexibility index (Phi) is 4.95. The second-order valence-electron chi connectivity index (χ2n) is 4.61. The minimum absolute atomic E-state index is 0.0293. The predicted molar refractivity (Wildman–Crippen MR) is 70.4 cm³/mol. The van der Waals surface area contributed by atoms with Gasteiger partial charge in [-0.1, -0.05) is 0 Å². The van der Waals surface area contributed by atoms with Crippen molar-refractivity contribution in [1.82, 2.24) is 14.7 Å². The van der Waals surface area contributed by atoms with E-state index >= 15 is 0 Å². The summed E-state index contributed by atoms with van der Waals surface area (Å²) in [7, 11) is 4.11. The van der Waals surface area contributed by atoms with Crippen molar-refractivity contribution in [3.63, 3.8) is 0 Å². The van der Waals surface area contributed by atoms with Crippen LogP contribution in [-0.2, 0) is 0 Å². The van der Waals surface area contributed by atoms with Crippen molar-refractivity contribution in [3.05, 3.63) is 16.4 Å². The second-order valence-corrected chi connectivity index (χ2v) is 5.47. The molecule has 1 atom stereocenters. The summed E-state index contributed by atoms with van der Waals surface area (Å²) in [6.45, 7) is 5.21. The van der Waals surface area contributed by atoms with Crippen LogP contribution in [0.1, 0.15) is 38.0 Å². The Labute approximate surface area is 106 Å². The van der Waals surface area contributed by atoms with E-state index in [9.17, 15) is 0 Å². The van der Waals surface area contributed by atoms with E-state index in [0.29, 0.717) is 6.04 Å². The molecule has 92 valence electrons. The monoisotopic (exact) mass is 288 g/mol. The summed E-state index contributed by atoms with van der Waals surface area (Å²) in [5.74, 6) is 0. The zero-order valence-corrected chi connectivity index (χ0v) is 12.0. The first-order valence-corrected chi connectivity index (χ1v) is 6.36. The highest BCUT2D eigenvalue weighted by Gasteiger charge is 2.18. The van der Waals surface area contributed by atoms with Crippen LogP contribution in [0.4, 0.5) is 0 Å². The second kappa shape index (κ2) is 5.80. The van der Waals surface area contributed by atoms with Gasteiger partial charge in [0.2, 0.25) is 0 Å². The third-order valence-electron chi connectivity index (χ3n) is 2.51. The molecule has 0 fully saturated rings. The SMILES string of the molecule is CC(C)n1ncc(Br)c1C(N)CCN(C)C. The highest BCUT2D eigenvalue weighted by atomic mass is 79.9. The standard InChI is InChI=1S/C11H21BrN4/c1-8(2)16-11(9(12)7-14-16)10(13)5-6-15(3)4/h7-8,10H,5-6,13H2,1-4H3. The average Bonchev–Trinajstić information content (AvgIpc) is 2.56. The van der Waals surface area contributed by atoms with Gasteiger partial charge in [0.05, 0.1) is 16.4 Å². The van der Waals surface area contributed by atoms with Crippen LogP contribution >= 0.6 is 15.9 Å². The van der Waals surface area contributed by atoms with Gasteiger partial charge in [0.15, 0.2) is 0 Å². The summed E-state index contributed by atoms with van der Waals surface area (Å²) >= 11 is 3.52. The summed E-state index contributed by atoms with van der Waals surface area (Å²) in [6, 6.07) is 0.369. The molecule has 16 heavy (non-hydrogen) atoms. The third kappa shape index (κ3) is 3.30. The maximum atomic E-state index is 6.21. The van der Waals surface area contributed by atoms with Crippen molar-refractivity contribution in [2.45, 2.75) is 32.4 Å². The zero-order chi connectivity index (χ0) is 12.3. The molecule has 0 saturated heterocycles. The molecule has 0 bridgehead atoms. The molecule has 4 nitrogen and oxygen atoms in total. The first kappa shape index (κ1) is 13.7. The van der Waals surface area contributed by atoms with Crippen molar-refractivity contribution >= 4 is 15.9 Å². The van der Waals surface area contributed by atoms with Crippen molar-refractivity contribution in [3.8, 4) is 0 Å². The number of hydrogen-bond acceptors (Lipinski definition) is 3. The lowest BCUT2D eigenvalue weighted by molar-refractivity contribution is 0.372. The number of rotatable bonds is 5. The molecule has 0 aliphatic rings. The molecule has 1 aromatic rings. The zero-order valence-electron chi connectivity index (χ0n) is 10.4. The third-order valence-corrected chi connectivity index (χ3v) is 3.13. The van der Waals surface area contributed by atoms with Crippen molar-refractivity contribution in [1.29, 1.82) is 0 Å². The van der Waals surface area contributed by atoms with Gasteiger partial charge in [-0.2, -0.15) is 5.10 Å². The van der Waals surface area contributed by atoms with E-state index in [1.807, 2.05) is 10.9 Å². The van der Waals surface area contributed by atoms with Crippen molar-refractivity contribution < 1.29 is 0 Å². The molecule has 0 aliphatic carbocycles. The maximum Gasteiger partial charge on any atom is 0.0697 e. The Hall–Kier alpha value is -0.390. The molecule has 1 aromatic heterocycles. The van der Waals surface area contributed by atoms with E-state index in [-0.39, 0.29) is 6.04 Å². The lowest BCUT2D eigenvalue weighted by atomic mass is 10.1. The molecule has 0 spiro atoms. The molecule has 0 aromatic carbocycles. The molecular formula is C11H21BrN4. The maximum absolute atomic E-state index is 6.21. The average molecular weight is 289 g/mol. The first-order valence-electron chi connectivity index (χ1n) is 5.56. The minimum Gasteiger partial charge on any atom is -0.323 e. The number of nitrogens with zero attached hydrogens (tertiary/aromatic N) is 3. The summed E-state index contributed by atoms with van der Waals surface area (Å²) in [5, 5.41) is 4.34. The van der Waals surface area contributed by atoms with Gasteiger partial charge in [-0.05, 0) is 56.8 Å². The van der Waals surface area contributed by atoms with E-state index in [1.54, 1.807) is 0 Å².